The van der Waals surface area contributed by atoms with Crippen LogP contribution in [-0.4, -0.2) is 59.4 Å². The highest BCUT2D eigenvalue weighted by Crippen LogP contribution is 2.65. The second-order valence-electron chi connectivity index (χ2n) is 13.1. The summed E-state index contributed by atoms with van der Waals surface area (Å²) in [5, 5.41) is 17.2. The number of carbonyl (C=O) groups excluding carboxylic acids is 4. The van der Waals surface area contributed by atoms with Gasteiger partial charge in [0.1, 0.15) is 18.1 Å². The molecule has 2 unspecified atom stereocenters. The number of halogens is 3. The molecule has 12 heteroatoms. The predicted molar refractivity (Wildman–Crippen MR) is 143 cm³/mol. The maximum absolute atomic E-state index is 13.7. The van der Waals surface area contributed by atoms with Crippen molar-refractivity contribution in [1.82, 2.24) is 15.5 Å². The van der Waals surface area contributed by atoms with Crippen LogP contribution >= 0.6 is 0 Å². The third kappa shape index (κ3) is 5.90. The van der Waals surface area contributed by atoms with Gasteiger partial charge >= 0.3 is 12.1 Å². The molecule has 2 aliphatic heterocycles. The van der Waals surface area contributed by atoms with Crippen LogP contribution in [0.25, 0.3) is 0 Å². The highest BCUT2D eigenvalue weighted by molar-refractivity contribution is 5.96. The zero-order chi connectivity index (χ0) is 30.7. The Hall–Kier alpha value is -3.62. The van der Waals surface area contributed by atoms with E-state index in [0.29, 0.717) is 12.1 Å². The van der Waals surface area contributed by atoms with E-state index >= 15 is 0 Å². The summed E-state index contributed by atoms with van der Waals surface area (Å²) in [7, 11) is 0. The van der Waals surface area contributed by atoms with Crippen LogP contribution in [0.15, 0.2) is 18.2 Å². The van der Waals surface area contributed by atoms with Crippen molar-refractivity contribution in [3.05, 3.63) is 29.3 Å². The molecule has 9 nitrogen and oxygen atoms in total. The van der Waals surface area contributed by atoms with Gasteiger partial charge in [-0.1, -0.05) is 52.3 Å². The quantitative estimate of drug-likeness (QED) is 0.480. The van der Waals surface area contributed by atoms with Crippen LogP contribution in [0.5, 0.6) is 0 Å². The van der Waals surface area contributed by atoms with Gasteiger partial charge in [0.25, 0.3) is 0 Å². The Kier molecular flexibility index (Phi) is 7.65. The van der Waals surface area contributed by atoms with Crippen molar-refractivity contribution in [2.75, 3.05) is 11.9 Å². The first-order chi connectivity index (χ1) is 18.9. The molecule has 0 radical (unpaired) electrons. The number of piperidine rings is 1. The molecule has 1 saturated carbocycles. The fourth-order valence-electron chi connectivity index (χ4n) is 6.32. The first-order valence-electron chi connectivity index (χ1n) is 13.6. The minimum Gasteiger partial charge on any atom is -0.339 e. The largest absolute Gasteiger partial charge is 0.471 e. The molecule has 3 aliphatic rings. The molecule has 4 rings (SSSR count). The van der Waals surface area contributed by atoms with Crippen molar-refractivity contribution in [1.29, 1.82) is 5.26 Å². The number of fused-ring (bicyclic) bond motifs is 2. The average Bonchev–Trinajstić information content (AvgIpc) is 3.19. The number of rotatable bonds is 6. The van der Waals surface area contributed by atoms with E-state index in [9.17, 15) is 37.6 Å². The lowest BCUT2D eigenvalue weighted by Gasteiger charge is -2.38. The van der Waals surface area contributed by atoms with Crippen molar-refractivity contribution in [3.8, 4) is 6.07 Å². The van der Waals surface area contributed by atoms with Gasteiger partial charge in [0, 0.05) is 18.2 Å². The molecule has 1 saturated heterocycles. The predicted octanol–water partition coefficient (Wildman–Crippen LogP) is 3.08. The van der Waals surface area contributed by atoms with Crippen molar-refractivity contribution >= 4 is 29.3 Å². The summed E-state index contributed by atoms with van der Waals surface area (Å²) in [5.74, 6) is -4.78. The van der Waals surface area contributed by atoms with Gasteiger partial charge in [-0.25, -0.2) is 0 Å². The minimum absolute atomic E-state index is 0.0475. The van der Waals surface area contributed by atoms with Gasteiger partial charge in [0.15, 0.2) is 0 Å². The van der Waals surface area contributed by atoms with Gasteiger partial charge in [0.2, 0.25) is 17.7 Å². The number of hydrogen-bond donors (Lipinski definition) is 3. The summed E-state index contributed by atoms with van der Waals surface area (Å²) in [6, 6.07) is 4.11. The SMILES string of the molecule is Cc1ccc2c(c1)CC(CC(C#N)NC(=O)[C@@H]1[C@H]3[C@H](CN1C(=O)[C@@H](NC(=O)C(F)(F)F)C(C)(C)C)C3(C)C)C(=O)N2. The molecule has 1 aromatic rings. The Morgan fingerprint density at radius 1 is 1.20 bits per heavy atom. The average molecular weight is 576 g/mol. The summed E-state index contributed by atoms with van der Waals surface area (Å²) >= 11 is 0. The molecular weight excluding hydrogens is 539 g/mol. The number of nitrogens with zero attached hydrogens (tertiary/aromatic N) is 2. The number of hydrogen-bond acceptors (Lipinski definition) is 5. The molecule has 0 spiro atoms. The second-order valence-corrected chi connectivity index (χ2v) is 13.1. The lowest BCUT2D eigenvalue weighted by molar-refractivity contribution is -0.176. The molecule has 3 N–H and O–H groups in total. The van der Waals surface area contributed by atoms with Gasteiger partial charge in [-0.3, -0.25) is 19.2 Å². The Morgan fingerprint density at radius 2 is 1.85 bits per heavy atom. The van der Waals surface area contributed by atoms with Crippen LogP contribution in [0.4, 0.5) is 18.9 Å². The fourth-order valence-corrected chi connectivity index (χ4v) is 6.32. The third-order valence-corrected chi connectivity index (χ3v) is 8.75. The van der Waals surface area contributed by atoms with Gasteiger partial charge < -0.3 is 20.9 Å². The Bertz CT molecular complexity index is 1310. The molecule has 6 atom stereocenters. The molecule has 0 bridgehead atoms. The number of alkyl halides is 3. The Labute approximate surface area is 237 Å². The van der Waals surface area contributed by atoms with Crippen LogP contribution in [0.3, 0.4) is 0 Å². The number of amides is 4. The molecule has 4 amide bonds. The van der Waals surface area contributed by atoms with Gasteiger partial charge in [0.05, 0.1) is 6.07 Å². The van der Waals surface area contributed by atoms with E-state index in [1.807, 2.05) is 50.4 Å². The number of carbonyl (C=O) groups is 4. The molecule has 1 aromatic carbocycles. The van der Waals surface area contributed by atoms with Crippen LogP contribution in [0.2, 0.25) is 0 Å². The summed E-state index contributed by atoms with van der Waals surface area (Å²) in [5.41, 5.74) is 1.29. The summed E-state index contributed by atoms with van der Waals surface area (Å²) in [6.07, 6.45) is -4.74. The van der Waals surface area contributed by atoms with Crippen molar-refractivity contribution in [2.45, 2.75) is 78.7 Å². The number of nitrogens with one attached hydrogen (secondary N) is 3. The molecule has 2 heterocycles. The molecule has 41 heavy (non-hydrogen) atoms. The Morgan fingerprint density at radius 3 is 2.44 bits per heavy atom. The van der Waals surface area contributed by atoms with Crippen LogP contribution in [0.1, 0.15) is 52.2 Å². The zero-order valence-electron chi connectivity index (χ0n) is 24.0. The summed E-state index contributed by atoms with van der Waals surface area (Å²) in [6.45, 7) is 10.6. The fraction of sp³-hybridized carbons (Fsp3) is 0.621. The summed E-state index contributed by atoms with van der Waals surface area (Å²) in [4.78, 5) is 53.1. The van der Waals surface area contributed by atoms with E-state index in [-0.39, 0.29) is 36.1 Å². The molecular formula is C29H36F3N5O4. The van der Waals surface area contributed by atoms with Crippen LogP contribution in [0, 0.1) is 46.8 Å². The number of benzene rings is 1. The number of nitriles is 1. The van der Waals surface area contributed by atoms with Gasteiger partial charge in [-0.2, -0.15) is 18.4 Å². The molecule has 2 fully saturated rings. The minimum atomic E-state index is -5.18. The Balaban J connectivity index is 1.52. The maximum atomic E-state index is 13.7. The maximum Gasteiger partial charge on any atom is 0.471 e. The normalized spacial score (nSPS) is 26.0. The highest BCUT2D eigenvalue weighted by Gasteiger charge is 2.70. The number of anilines is 1. The second kappa shape index (κ2) is 10.3. The number of aryl methyl sites for hydroxylation is 1. The van der Waals surface area contributed by atoms with Crippen LogP contribution < -0.4 is 16.0 Å². The van der Waals surface area contributed by atoms with Crippen molar-refractivity contribution < 1.29 is 32.3 Å². The standard InChI is InChI=1S/C29H36F3N5O4/c1-14-7-8-19-15(9-14)10-16(23(38)35-19)11-17(12-33)34-24(39)21-20-18(28(20,5)6)13-37(21)25(40)22(27(2,3)4)36-26(41)29(30,31)32/h7-9,16-18,20-22H,10-11,13H2,1-6H3,(H,34,39)(H,35,38)(H,36,41)/t16?,17?,18-,20+,21-,22+/m0/s1. The lowest BCUT2D eigenvalue weighted by atomic mass is 9.85. The first kappa shape index (κ1) is 30.3. The smallest absolute Gasteiger partial charge is 0.339 e. The molecule has 1 aliphatic carbocycles. The van der Waals surface area contributed by atoms with Crippen LogP contribution in [-0.2, 0) is 25.6 Å². The van der Waals surface area contributed by atoms with E-state index in [4.69, 9.17) is 0 Å². The molecule has 222 valence electrons. The van der Waals surface area contributed by atoms with Gasteiger partial charge in [-0.15, -0.1) is 0 Å². The van der Waals surface area contributed by atoms with E-state index in [2.05, 4.69) is 10.6 Å². The zero-order valence-corrected chi connectivity index (χ0v) is 24.0. The monoisotopic (exact) mass is 575 g/mol. The number of likely N-dealkylation sites (tertiary alicyclic amines) is 1. The highest BCUT2D eigenvalue weighted by atomic mass is 19.4. The van der Waals surface area contributed by atoms with E-state index in [0.717, 1.165) is 11.1 Å². The van der Waals surface area contributed by atoms with Crippen molar-refractivity contribution in [2.24, 2.45) is 28.6 Å². The van der Waals surface area contributed by atoms with E-state index < -0.39 is 53.4 Å². The topological polar surface area (TPSA) is 131 Å². The van der Waals surface area contributed by atoms with E-state index in [1.54, 1.807) is 0 Å². The lowest BCUT2D eigenvalue weighted by Crippen LogP contribution is -2.61. The van der Waals surface area contributed by atoms with E-state index in [1.165, 1.54) is 25.7 Å². The third-order valence-electron chi connectivity index (χ3n) is 8.75. The molecule has 0 aromatic heterocycles. The first-order valence-corrected chi connectivity index (χ1v) is 13.6. The van der Waals surface area contributed by atoms with Crippen molar-refractivity contribution in [3.63, 3.8) is 0 Å². The van der Waals surface area contributed by atoms with Gasteiger partial charge in [-0.05, 0) is 54.1 Å². The summed E-state index contributed by atoms with van der Waals surface area (Å²) < 4.78 is 39.2.